The molecule has 2 amide bonds. The van der Waals surface area contributed by atoms with Crippen molar-refractivity contribution in [3.63, 3.8) is 0 Å². The Balaban J connectivity index is 1.37. The molecule has 0 unspecified atom stereocenters. The lowest BCUT2D eigenvalue weighted by molar-refractivity contribution is -0.140. The number of hydrogen-bond acceptors (Lipinski definition) is 3. The van der Waals surface area contributed by atoms with Crippen LogP contribution in [0.3, 0.4) is 0 Å². The van der Waals surface area contributed by atoms with E-state index in [-0.39, 0.29) is 22.6 Å². The van der Waals surface area contributed by atoms with Crippen molar-refractivity contribution in [1.82, 2.24) is 9.80 Å². The van der Waals surface area contributed by atoms with Gasteiger partial charge in [-0.25, -0.2) is 0 Å². The summed E-state index contributed by atoms with van der Waals surface area (Å²) < 4.78 is 0. The van der Waals surface area contributed by atoms with Crippen molar-refractivity contribution in [2.75, 3.05) is 25.4 Å². The average Bonchev–Trinajstić information content (AvgIpc) is 3.37. The molecule has 3 aliphatic rings. The molecule has 0 radical (unpaired) electrons. The molecule has 1 spiro atoms. The highest BCUT2D eigenvalue weighted by Gasteiger charge is 2.50. The van der Waals surface area contributed by atoms with E-state index in [0.29, 0.717) is 11.8 Å². The van der Waals surface area contributed by atoms with E-state index < -0.39 is 0 Å². The highest BCUT2D eigenvalue weighted by Crippen LogP contribution is 2.50. The summed E-state index contributed by atoms with van der Waals surface area (Å²) in [5.74, 6) is 2.21. The normalized spacial score (nSPS) is 27.2. The van der Waals surface area contributed by atoms with Gasteiger partial charge in [0.25, 0.3) is 0 Å². The van der Waals surface area contributed by atoms with Crippen LogP contribution < -0.4 is 0 Å². The summed E-state index contributed by atoms with van der Waals surface area (Å²) in [6.45, 7) is 6.38. The third-order valence-electron chi connectivity index (χ3n) is 6.13. The Hall–Kier alpha value is -1.49. The van der Waals surface area contributed by atoms with Crippen LogP contribution in [-0.2, 0) is 9.59 Å². The Bertz CT molecular complexity index is 683. The Morgan fingerprint density at radius 2 is 1.81 bits per heavy atom. The quantitative estimate of drug-likeness (QED) is 0.817. The first-order chi connectivity index (χ1) is 12.5. The third-order valence-corrected chi connectivity index (χ3v) is 7.68. The van der Waals surface area contributed by atoms with E-state index in [1.165, 1.54) is 5.56 Å². The van der Waals surface area contributed by atoms with Crippen LogP contribution in [-0.4, -0.2) is 51.9 Å². The lowest BCUT2D eigenvalue weighted by atomic mass is 9.99. The van der Waals surface area contributed by atoms with E-state index in [4.69, 9.17) is 0 Å². The first-order valence-corrected chi connectivity index (χ1v) is 10.8. The van der Waals surface area contributed by atoms with Crippen molar-refractivity contribution >= 4 is 23.6 Å². The van der Waals surface area contributed by atoms with Gasteiger partial charge in [0.1, 0.15) is 0 Å². The van der Waals surface area contributed by atoms with Crippen molar-refractivity contribution in [3.8, 4) is 0 Å². The molecular weight excluding hydrogens is 344 g/mol. The number of amides is 2. The molecule has 4 rings (SSSR count). The molecule has 0 aromatic heterocycles. The standard InChI is InChI=1S/C21H28N2O2S/c1-15(2)19(24)23-12-13-26-21(23)8-10-22(11-9-21)20(25)18-14-17(18)16-6-4-3-5-7-16/h3-7,15,17-18H,8-14H2,1-2H3/t17-,18+/m0/s1. The van der Waals surface area contributed by atoms with Crippen molar-refractivity contribution in [3.05, 3.63) is 35.9 Å². The molecule has 1 aromatic rings. The minimum atomic E-state index is -0.0689. The molecule has 140 valence electrons. The fraction of sp³-hybridized carbons (Fsp3) is 0.619. The van der Waals surface area contributed by atoms with E-state index in [1.54, 1.807) is 0 Å². The molecule has 0 N–H and O–H groups in total. The average molecular weight is 373 g/mol. The van der Waals surface area contributed by atoms with E-state index in [0.717, 1.165) is 44.6 Å². The topological polar surface area (TPSA) is 40.6 Å². The number of likely N-dealkylation sites (tertiary alicyclic amines) is 1. The summed E-state index contributed by atoms with van der Waals surface area (Å²) in [4.78, 5) is 29.6. The van der Waals surface area contributed by atoms with Gasteiger partial charge in [-0.3, -0.25) is 9.59 Å². The second-order valence-corrected chi connectivity index (χ2v) is 9.58. The SMILES string of the molecule is CC(C)C(=O)N1CCSC12CCN(C(=O)[C@@H]1C[C@H]1c1ccccc1)CC2. The number of nitrogens with zero attached hydrogens (tertiary/aromatic N) is 2. The van der Waals surface area contributed by atoms with Gasteiger partial charge in [0, 0.05) is 37.2 Å². The highest BCUT2D eigenvalue weighted by atomic mass is 32.2. The number of rotatable bonds is 3. The molecule has 3 fully saturated rings. The predicted molar refractivity (Wildman–Crippen MR) is 105 cm³/mol. The Morgan fingerprint density at radius 1 is 1.12 bits per heavy atom. The number of carbonyl (C=O) groups is 2. The van der Waals surface area contributed by atoms with Crippen LogP contribution >= 0.6 is 11.8 Å². The maximum atomic E-state index is 12.9. The number of thioether (sulfide) groups is 1. The van der Waals surface area contributed by atoms with Crippen LogP contribution in [0.25, 0.3) is 0 Å². The van der Waals surface area contributed by atoms with E-state index >= 15 is 0 Å². The van der Waals surface area contributed by atoms with Gasteiger partial charge in [-0.15, -0.1) is 11.8 Å². The summed E-state index contributed by atoms with van der Waals surface area (Å²) in [5.41, 5.74) is 1.29. The number of carbonyl (C=O) groups excluding carboxylic acids is 2. The second kappa shape index (κ2) is 6.91. The summed E-state index contributed by atoms with van der Waals surface area (Å²) in [7, 11) is 0. The monoisotopic (exact) mass is 372 g/mol. The van der Waals surface area contributed by atoms with Crippen molar-refractivity contribution in [1.29, 1.82) is 0 Å². The zero-order valence-electron chi connectivity index (χ0n) is 15.7. The predicted octanol–water partition coefficient (Wildman–Crippen LogP) is 3.34. The second-order valence-electron chi connectivity index (χ2n) is 8.12. The molecular formula is C21H28N2O2S. The van der Waals surface area contributed by atoms with Crippen LogP contribution in [0.5, 0.6) is 0 Å². The van der Waals surface area contributed by atoms with Crippen LogP contribution in [0.1, 0.15) is 44.6 Å². The highest BCUT2D eigenvalue weighted by molar-refractivity contribution is 8.00. The Labute approximate surface area is 160 Å². The van der Waals surface area contributed by atoms with Gasteiger partial charge in [0.15, 0.2) is 0 Å². The Kier molecular flexibility index (Phi) is 4.76. The lowest BCUT2D eigenvalue weighted by Gasteiger charge is -2.44. The smallest absolute Gasteiger partial charge is 0.226 e. The molecule has 2 aliphatic heterocycles. The first kappa shape index (κ1) is 17.9. The van der Waals surface area contributed by atoms with Gasteiger partial charge >= 0.3 is 0 Å². The molecule has 2 heterocycles. The van der Waals surface area contributed by atoms with Gasteiger partial charge in [0.2, 0.25) is 11.8 Å². The maximum absolute atomic E-state index is 12.9. The summed E-state index contributed by atoms with van der Waals surface area (Å²) in [6.07, 6.45) is 2.80. The van der Waals surface area contributed by atoms with E-state index in [2.05, 4.69) is 34.1 Å². The zero-order valence-corrected chi connectivity index (χ0v) is 16.5. The molecule has 4 nitrogen and oxygen atoms in total. The van der Waals surface area contributed by atoms with Crippen molar-refractivity contribution in [2.45, 2.75) is 43.9 Å². The van der Waals surface area contributed by atoms with E-state index in [9.17, 15) is 9.59 Å². The summed E-state index contributed by atoms with van der Waals surface area (Å²) in [5, 5.41) is 0. The van der Waals surface area contributed by atoms with Crippen LogP contribution in [0, 0.1) is 11.8 Å². The fourth-order valence-electron chi connectivity index (χ4n) is 4.49. The molecule has 1 aliphatic carbocycles. The van der Waals surface area contributed by atoms with Crippen LogP contribution in [0.15, 0.2) is 30.3 Å². The fourth-order valence-corrected chi connectivity index (χ4v) is 5.96. The maximum Gasteiger partial charge on any atom is 0.226 e. The number of benzene rings is 1. The van der Waals surface area contributed by atoms with Crippen molar-refractivity contribution in [2.24, 2.45) is 11.8 Å². The largest absolute Gasteiger partial charge is 0.342 e. The molecule has 5 heteroatoms. The van der Waals surface area contributed by atoms with E-state index in [1.807, 2.05) is 31.7 Å². The summed E-state index contributed by atoms with van der Waals surface area (Å²) >= 11 is 1.92. The van der Waals surface area contributed by atoms with Gasteiger partial charge in [0.05, 0.1) is 4.87 Å². The Morgan fingerprint density at radius 3 is 2.46 bits per heavy atom. The third kappa shape index (κ3) is 3.15. The molecule has 1 saturated carbocycles. The summed E-state index contributed by atoms with van der Waals surface area (Å²) in [6, 6.07) is 10.4. The van der Waals surface area contributed by atoms with Crippen LogP contribution in [0.2, 0.25) is 0 Å². The van der Waals surface area contributed by atoms with Gasteiger partial charge in [-0.2, -0.15) is 0 Å². The molecule has 2 saturated heterocycles. The minimum Gasteiger partial charge on any atom is -0.342 e. The molecule has 0 bridgehead atoms. The zero-order chi connectivity index (χ0) is 18.3. The minimum absolute atomic E-state index is 0.0448. The molecule has 2 atom stereocenters. The number of hydrogen-bond donors (Lipinski definition) is 0. The number of piperidine rings is 1. The molecule has 26 heavy (non-hydrogen) atoms. The lowest BCUT2D eigenvalue weighted by Crippen LogP contribution is -2.54. The molecule has 1 aromatic carbocycles. The van der Waals surface area contributed by atoms with Gasteiger partial charge < -0.3 is 9.80 Å². The van der Waals surface area contributed by atoms with Gasteiger partial charge in [-0.1, -0.05) is 44.2 Å². The first-order valence-electron chi connectivity index (χ1n) is 9.81. The van der Waals surface area contributed by atoms with Crippen molar-refractivity contribution < 1.29 is 9.59 Å². The van der Waals surface area contributed by atoms with Gasteiger partial charge in [-0.05, 0) is 30.7 Å². The van der Waals surface area contributed by atoms with Crippen LogP contribution in [0.4, 0.5) is 0 Å².